The van der Waals surface area contributed by atoms with Crippen molar-refractivity contribution in [2.45, 2.75) is 19.6 Å². The number of aromatic nitrogens is 2. The summed E-state index contributed by atoms with van der Waals surface area (Å²) in [4.78, 5) is 11.6. The molecular weight excluding hydrogens is 254 g/mol. The molecule has 6 heteroatoms. The van der Waals surface area contributed by atoms with Crippen LogP contribution in [0.15, 0.2) is 35.3 Å². The summed E-state index contributed by atoms with van der Waals surface area (Å²) >= 11 is 0. The molecule has 2 rings (SSSR count). The summed E-state index contributed by atoms with van der Waals surface area (Å²) in [6.45, 7) is 1.47. The third-order valence-corrected chi connectivity index (χ3v) is 2.69. The van der Waals surface area contributed by atoms with E-state index in [-0.39, 0.29) is 12.1 Å². The summed E-state index contributed by atoms with van der Waals surface area (Å²) in [7, 11) is 0. The quantitative estimate of drug-likeness (QED) is 0.917. The first-order chi connectivity index (χ1) is 8.99. The molecule has 0 aliphatic rings. The smallest absolute Gasteiger partial charge is 0.267 e. The molecule has 0 radical (unpaired) electrons. The van der Waals surface area contributed by atoms with Gasteiger partial charge in [0.2, 0.25) is 0 Å². The Bertz CT molecular complexity index is 655. The van der Waals surface area contributed by atoms with E-state index < -0.39 is 23.3 Å². The van der Waals surface area contributed by atoms with Crippen LogP contribution in [0.2, 0.25) is 0 Å². The maximum Gasteiger partial charge on any atom is 0.267 e. The molecule has 0 saturated carbocycles. The average Bonchev–Trinajstić information content (AvgIpc) is 2.36. The van der Waals surface area contributed by atoms with Gasteiger partial charge in [-0.05, 0) is 18.6 Å². The molecule has 0 amide bonds. The largest absolute Gasteiger partial charge is 0.386 e. The van der Waals surface area contributed by atoms with E-state index in [0.717, 1.165) is 10.7 Å². The molecule has 1 aromatic carbocycles. The molecule has 1 unspecified atom stereocenters. The number of halogens is 2. The molecule has 2 aromatic rings. The molecule has 0 fully saturated rings. The van der Waals surface area contributed by atoms with Crippen molar-refractivity contribution in [3.8, 4) is 0 Å². The van der Waals surface area contributed by atoms with E-state index in [9.17, 15) is 18.7 Å². The van der Waals surface area contributed by atoms with Gasteiger partial charge in [0.05, 0.1) is 12.7 Å². The van der Waals surface area contributed by atoms with Gasteiger partial charge in [-0.15, -0.1) is 0 Å². The van der Waals surface area contributed by atoms with Gasteiger partial charge in [-0.2, -0.15) is 5.10 Å². The number of benzene rings is 1. The third kappa shape index (κ3) is 2.85. The third-order valence-electron chi connectivity index (χ3n) is 2.69. The highest BCUT2D eigenvalue weighted by Gasteiger charge is 2.17. The van der Waals surface area contributed by atoms with E-state index in [0.29, 0.717) is 5.56 Å². The Balaban J connectivity index is 2.28. The van der Waals surface area contributed by atoms with Crippen molar-refractivity contribution < 1.29 is 13.9 Å². The molecule has 4 nitrogen and oxygen atoms in total. The van der Waals surface area contributed by atoms with E-state index in [1.165, 1.54) is 24.4 Å². The Morgan fingerprint density at radius 2 is 2.16 bits per heavy atom. The van der Waals surface area contributed by atoms with Crippen molar-refractivity contribution in [1.29, 1.82) is 0 Å². The first-order valence-corrected chi connectivity index (χ1v) is 5.65. The molecule has 0 aliphatic carbocycles. The summed E-state index contributed by atoms with van der Waals surface area (Å²) < 4.78 is 27.5. The zero-order chi connectivity index (χ0) is 14.0. The number of aliphatic hydroxyl groups is 1. The van der Waals surface area contributed by atoms with Crippen LogP contribution in [0.25, 0.3) is 0 Å². The van der Waals surface area contributed by atoms with Crippen LogP contribution in [-0.2, 0) is 6.54 Å². The Kier molecular flexibility index (Phi) is 3.71. The molecule has 0 spiro atoms. The number of nitrogens with zero attached hydrogens (tertiary/aromatic N) is 2. The highest BCUT2D eigenvalue weighted by Crippen LogP contribution is 2.19. The summed E-state index contributed by atoms with van der Waals surface area (Å²) in [6, 6.07) is 4.87. The fourth-order valence-electron chi connectivity index (χ4n) is 1.70. The molecule has 1 heterocycles. The van der Waals surface area contributed by atoms with Crippen molar-refractivity contribution in [2.24, 2.45) is 0 Å². The molecule has 1 N–H and O–H groups in total. The highest BCUT2D eigenvalue weighted by atomic mass is 19.2. The zero-order valence-electron chi connectivity index (χ0n) is 10.2. The van der Waals surface area contributed by atoms with E-state index in [1.807, 2.05) is 0 Å². The van der Waals surface area contributed by atoms with E-state index in [1.54, 1.807) is 6.92 Å². The van der Waals surface area contributed by atoms with Crippen molar-refractivity contribution in [1.82, 2.24) is 9.78 Å². The van der Waals surface area contributed by atoms with Gasteiger partial charge in [0.1, 0.15) is 6.10 Å². The van der Waals surface area contributed by atoms with Gasteiger partial charge < -0.3 is 5.11 Å². The van der Waals surface area contributed by atoms with Gasteiger partial charge in [0.25, 0.3) is 5.56 Å². The summed E-state index contributed by atoms with van der Waals surface area (Å²) in [5, 5.41) is 13.7. The fourth-order valence-corrected chi connectivity index (χ4v) is 1.70. The predicted octanol–water partition coefficient (Wildman–Crippen LogP) is 1.56. The second-order valence-corrected chi connectivity index (χ2v) is 4.21. The standard InChI is InChI=1S/C13H12F2N2O2/c1-8-5-12(19)17(16-6-8)7-11(18)9-3-2-4-10(14)13(9)15/h2-6,11,18H,7H2,1H3. The SMILES string of the molecule is Cc1cnn(CC(O)c2cccc(F)c2F)c(=O)c1. The lowest BCUT2D eigenvalue weighted by Gasteiger charge is -2.13. The summed E-state index contributed by atoms with van der Waals surface area (Å²) in [5.74, 6) is -2.16. The second kappa shape index (κ2) is 5.27. The van der Waals surface area contributed by atoms with Gasteiger partial charge >= 0.3 is 0 Å². The fraction of sp³-hybridized carbons (Fsp3) is 0.231. The molecule has 19 heavy (non-hydrogen) atoms. The van der Waals surface area contributed by atoms with E-state index in [2.05, 4.69) is 5.10 Å². The number of rotatable bonds is 3. The van der Waals surface area contributed by atoms with Gasteiger partial charge in [-0.3, -0.25) is 4.79 Å². The van der Waals surface area contributed by atoms with Crippen LogP contribution in [-0.4, -0.2) is 14.9 Å². The molecule has 0 aliphatic heterocycles. The van der Waals surface area contributed by atoms with Crippen LogP contribution in [0.3, 0.4) is 0 Å². The van der Waals surface area contributed by atoms with Crippen molar-refractivity contribution in [3.63, 3.8) is 0 Å². The lowest BCUT2D eigenvalue weighted by Crippen LogP contribution is -2.25. The second-order valence-electron chi connectivity index (χ2n) is 4.21. The number of aliphatic hydroxyl groups excluding tert-OH is 1. The van der Waals surface area contributed by atoms with Crippen LogP contribution in [0.5, 0.6) is 0 Å². The minimum atomic E-state index is -1.34. The number of hydrogen-bond acceptors (Lipinski definition) is 3. The van der Waals surface area contributed by atoms with Gasteiger partial charge in [-0.25, -0.2) is 13.5 Å². The molecule has 0 bridgehead atoms. The molecule has 100 valence electrons. The first kappa shape index (κ1) is 13.4. The Labute approximate surface area is 107 Å². The normalized spacial score (nSPS) is 12.4. The minimum absolute atomic E-state index is 0.200. The van der Waals surface area contributed by atoms with Crippen molar-refractivity contribution >= 4 is 0 Å². The van der Waals surface area contributed by atoms with Crippen LogP contribution < -0.4 is 5.56 Å². The van der Waals surface area contributed by atoms with Gasteiger partial charge in [0, 0.05) is 11.6 Å². The van der Waals surface area contributed by atoms with Crippen molar-refractivity contribution in [3.05, 3.63) is 63.6 Å². The Hall–Kier alpha value is -2.08. The molecule has 1 atom stereocenters. The zero-order valence-corrected chi connectivity index (χ0v) is 10.2. The van der Waals surface area contributed by atoms with Crippen molar-refractivity contribution in [2.75, 3.05) is 0 Å². The Morgan fingerprint density at radius 1 is 1.42 bits per heavy atom. The van der Waals surface area contributed by atoms with Crippen LogP contribution in [0, 0.1) is 18.6 Å². The monoisotopic (exact) mass is 266 g/mol. The first-order valence-electron chi connectivity index (χ1n) is 5.65. The van der Waals surface area contributed by atoms with Gasteiger partial charge in [-0.1, -0.05) is 12.1 Å². The molecule has 0 saturated heterocycles. The summed E-state index contributed by atoms with van der Waals surface area (Å²) in [5.41, 5.74) is 0.0813. The minimum Gasteiger partial charge on any atom is -0.386 e. The Morgan fingerprint density at radius 3 is 2.84 bits per heavy atom. The summed E-state index contributed by atoms with van der Waals surface area (Å²) in [6.07, 6.45) is 0.111. The highest BCUT2D eigenvalue weighted by molar-refractivity contribution is 5.21. The predicted molar refractivity (Wildman–Crippen MR) is 64.6 cm³/mol. The van der Waals surface area contributed by atoms with Gasteiger partial charge in [0.15, 0.2) is 11.6 Å². The van der Waals surface area contributed by atoms with Crippen LogP contribution in [0.4, 0.5) is 8.78 Å². The lowest BCUT2D eigenvalue weighted by atomic mass is 10.1. The number of hydrogen-bond donors (Lipinski definition) is 1. The maximum absolute atomic E-state index is 13.5. The van der Waals surface area contributed by atoms with E-state index in [4.69, 9.17) is 0 Å². The average molecular weight is 266 g/mol. The van der Waals surface area contributed by atoms with Crippen LogP contribution >= 0.6 is 0 Å². The topological polar surface area (TPSA) is 55.1 Å². The maximum atomic E-state index is 13.5. The molecular formula is C13H12F2N2O2. The van der Waals surface area contributed by atoms with Crippen LogP contribution in [0.1, 0.15) is 17.2 Å². The molecule has 1 aromatic heterocycles. The number of aryl methyl sites for hydroxylation is 1. The van der Waals surface area contributed by atoms with E-state index >= 15 is 0 Å². The lowest BCUT2D eigenvalue weighted by molar-refractivity contribution is 0.144.